The molecule has 0 atom stereocenters. The molecule has 1 saturated heterocycles. The van der Waals surface area contributed by atoms with Gasteiger partial charge < -0.3 is 14.7 Å². The number of urea groups is 1. The second-order valence-electron chi connectivity index (χ2n) is 5.82. The molecule has 0 N–H and O–H groups in total. The van der Waals surface area contributed by atoms with Crippen molar-refractivity contribution in [3.8, 4) is 0 Å². The summed E-state index contributed by atoms with van der Waals surface area (Å²) in [6.45, 7) is 2.70. The highest BCUT2D eigenvalue weighted by molar-refractivity contribution is 5.79. The molecular weight excluding hydrogens is 242 g/mol. The molecule has 0 radical (unpaired) electrons. The van der Waals surface area contributed by atoms with Crippen LogP contribution in [0.2, 0.25) is 0 Å². The van der Waals surface area contributed by atoms with Crippen molar-refractivity contribution in [2.45, 2.75) is 32.1 Å². The van der Waals surface area contributed by atoms with E-state index in [0.29, 0.717) is 32.1 Å². The molecule has 1 heterocycles. The Hall–Kier alpha value is -1.26. The van der Waals surface area contributed by atoms with Gasteiger partial charge in [-0.05, 0) is 12.8 Å². The zero-order valence-electron chi connectivity index (χ0n) is 12.1. The maximum Gasteiger partial charge on any atom is 0.319 e. The molecule has 1 aliphatic carbocycles. The Morgan fingerprint density at radius 2 is 1.42 bits per heavy atom. The summed E-state index contributed by atoms with van der Waals surface area (Å²) in [4.78, 5) is 29.6. The van der Waals surface area contributed by atoms with Crippen LogP contribution in [-0.4, -0.2) is 66.9 Å². The van der Waals surface area contributed by atoms with E-state index in [-0.39, 0.29) is 11.9 Å². The number of hydrogen-bond donors (Lipinski definition) is 0. The van der Waals surface area contributed by atoms with Crippen molar-refractivity contribution < 1.29 is 9.59 Å². The van der Waals surface area contributed by atoms with E-state index in [1.54, 1.807) is 19.0 Å². The quantitative estimate of drug-likeness (QED) is 0.720. The van der Waals surface area contributed by atoms with Gasteiger partial charge in [0, 0.05) is 46.2 Å². The van der Waals surface area contributed by atoms with Crippen molar-refractivity contribution in [2.75, 3.05) is 40.3 Å². The molecule has 1 saturated carbocycles. The van der Waals surface area contributed by atoms with Crippen molar-refractivity contribution >= 4 is 11.9 Å². The van der Waals surface area contributed by atoms with Gasteiger partial charge in [0.25, 0.3) is 0 Å². The van der Waals surface area contributed by atoms with Gasteiger partial charge in [-0.2, -0.15) is 0 Å². The zero-order valence-corrected chi connectivity index (χ0v) is 12.1. The normalized spacial score (nSPS) is 21.4. The Labute approximate surface area is 115 Å². The van der Waals surface area contributed by atoms with E-state index in [1.807, 2.05) is 9.80 Å². The number of rotatable bonds is 1. The van der Waals surface area contributed by atoms with E-state index in [4.69, 9.17) is 0 Å². The summed E-state index contributed by atoms with van der Waals surface area (Å²) < 4.78 is 0. The summed E-state index contributed by atoms with van der Waals surface area (Å²) >= 11 is 0. The summed E-state index contributed by atoms with van der Waals surface area (Å²) in [5, 5.41) is 0. The molecule has 2 fully saturated rings. The van der Waals surface area contributed by atoms with Gasteiger partial charge in [-0.15, -0.1) is 0 Å². The lowest BCUT2D eigenvalue weighted by molar-refractivity contribution is -0.138. The molecule has 5 nitrogen and oxygen atoms in total. The molecule has 5 heteroatoms. The van der Waals surface area contributed by atoms with Gasteiger partial charge in [0.15, 0.2) is 0 Å². The van der Waals surface area contributed by atoms with Crippen molar-refractivity contribution in [3.63, 3.8) is 0 Å². The van der Waals surface area contributed by atoms with E-state index < -0.39 is 0 Å². The Morgan fingerprint density at radius 3 is 1.95 bits per heavy atom. The first-order chi connectivity index (χ1) is 9.09. The summed E-state index contributed by atoms with van der Waals surface area (Å²) in [6.07, 6.45) is 5.76. The first-order valence-corrected chi connectivity index (χ1v) is 7.34. The van der Waals surface area contributed by atoms with Crippen LogP contribution in [0.5, 0.6) is 0 Å². The third-order valence-electron chi connectivity index (χ3n) is 4.20. The lowest BCUT2D eigenvalue weighted by Gasteiger charge is -2.38. The van der Waals surface area contributed by atoms with Gasteiger partial charge in [0.2, 0.25) is 5.91 Å². The molecule has 1 aliphatic heterocycles. The van der Waals surface area contributed by atoms with Crippen LogP contribution >= 0.6 is 0 Å². The monoisotopic (exact) mass is 267 g/mol. The van der Waals surface area contributed by atoms with Crippen molar-refractivity contribution in [3.05, 3.63) is 0 Å². The van der Waals surface area contributed by atoms with Gasteiger partial charge in [-0.1, -0.05) is 19.3 Å². The van der Waals surface area contributed by atoms with Gasteiger partial charge >= 0.3 is 6.03 Å². The topological polar surface area (TPSA) is 43.9 Å². The molecule has 2 aliphatic rings. The average Bonchev–Trinajstić information content (AvgIpc) is 2.46. The van der Waals surface area contributed by atoms with Crippen LogP contribution in [0.25, 0.3) is 0 Å². The van der Waals surface area contributed by atoms with Crippen LogP contribution in [0.4, 0.5) is 4.79 Å². The fourth-order valence-electron chi connectivity index (χ4n) is 3.01. The molecule has 0 spiro atoms. The van der Waals surface area contributed by atoms with Crippen LogP contribution in [-0.2, 0) is 4.79 Å². The van der Waals surface area contributed by atoms with Gasteiger partial charge in [0.05, 0.1) is 0 Å². The van der Waals surface area contributed by atoms with Gasteiger partial charge in [-0.25, -0.2) is 4.79 Å². The number of amides is 3. The minimum atomic E-state index is 0.0461. The SMILES string of the molecule is CN(C)C(=O)N1CCN(C(=O)C2CCCCC2)CC1. The van der Waals surface area contributed by atoms with E-state index >= 15 is 0 Å². The maximum atomic E-state index is 12.4. The zero-order chi connectivity index (χ0) is 13.8. The Bertz CT molecular complexity index is 330. The molecule has 2 rings (SSSR count). The number of nitrogens with zero attached hydrogens (tertiary/aromatic N) is 3. The predicted molar refractivity (Wildman–Crippen MR) is 73.8 cm³/mol. The van der Waals surface area contributed by atoms with Crippen molar-refractivity contribution in [2.24, 2.45) is 5.92 Å². The highest BCUT2D eigenvalue weighted by Gasteiger charge is 2.29. The molecule has 0 aromatic heterocycles. The third-order valence-corrected chi connectivity index (χ3v) is 4.20. The molecule has 0 unspecified atom stereocenters. The van der Waals surface area contributed by atoms with Crippen LogP contribution in [0, 0.1) is 5.92 Å². The summed E-state index contributed by atoms with van der Waals surface area (Å²) in [5.41, 5.74) is 0. The van der Waals surface area contributed by atoms with E-state index in [2.05, 4.69) is 0 Å². The lowest BCUT2D eigenvalue weighted by atomic mass is 9.88. The smallest absolute Gasteiger partial charge is 0.319 e. The highest BCUT2D eigenvalue weighted by atomic mass is 16.2. The molecular formula is C14H25N3O2. The highest BCUT2D eigenvalue weighted by Crippen LogP contribution is 2.25. The maximum absolute atomic E-state index is 12.4. The first-order valence-electron chi connectivity index (χ1n) is 7.34. The average molecular weight is 267 g/mol. The van der Waals surface area contributed by atoms with E-state index in [9.17, 15) is 9.59 Å². The van der Waals surface area contributed by atoms with Crippen LogP contribution < -0.4 is 0 Å². The van der Waals surface area contributed by atoms with Gasteiger partial charge in [-0.3, -0.25) is 4.79 Å². The van der Waals surface area contributed by atoms with Crippen LogP contribution in [0.15, 0.2) is 0 Å². The minimum absolute atomic E-state index is 0.0461. The molecule has 0 aromatic rings. The molecule has 3 amide bonds. The minimum Gasteiger partial charge on any atom is -0.339 e. The van der Waals surface area contributed by atoms with Crippen LogP contribution in [0.3, 0.4) is 0 Å². The number of carbonyl (C=O) groups excluding carboxylic acids is 2. The van der Waals surface area contributed by atoms with Gasteiger partial charge in [0.1, 0.15) is 0 Å². The Morgan fingerprint density at radius 1 is 0.895 bits per heavy atom. The van der Waals surface area contributed by atoms with Crippen LogP contribution in [0.1, 0.15) is 32.1 Å². The second-order valence-corrected chi connectivity index (χ2v) is 5.82. The molecule has 108 valence electrons. The Balaban J connectivity index is 1.82. The molecule has 19 heavy (non-hydrogen) atoms. The summed E-state index contributed by atoms with van der Waals surface area (Å²) in [5.74, 6) is 0.557. The van der Waals surface area contributed by atoms with Crippen molar-refractivity contribution in [1.82, 2.24) is 14.7 Å². The summed E-state index contributed by atoms with van der Waals surface area (Å²) in [7, 11) is 3.53. The number of hydrogen-bond acceptors (Lipinski definition) is 2. The fraction of sp³-hybridized carbons (Fsp3) is 0.857. The Kier molecular flexibility index (Phi) is 4.66. The first kappa shape index (κ1) is 14.2. The van der Waals surface area contributed by atoms with Crippen molar-refractivity contribution in [1.29, 1.82) is 0 Å². The summed E-state index contributed by atoms with van der Waals surface area (Å²) in [6, 6.07) is 0.0461. The predicted octanol–water partition coefficient (Wildman–Crippen LogP) is 1.39. The van der Waals surface area contributed by atoms with E-state index in [1.165, 1.54) is 19.3 Å². The number of carbonyl (C=O) groups is 2. The van der Waals surface area contributed by atoms with E-state index in [0.717, 1.165) is 12.8 Å². The second kappa shape index (κ2) is 6.26. The third kappa shape index (κ3) is 3.39. The fourth-order valence-corrected chi connectivity index (χ4v) is 3.01. The molecule has 0 bridgehead atoms. The standard InChI is InChI=1S/C14H25N3O2/c1-15(2)14(19)17-10-8-16(9-11-17)13(18)12-6-4-3-5-7-12/h12H,3-11H2,1-2H3. The lowest BCUT2D eigenvalue weighted by Crippen LogP contribution is -2.54. The largest absolute Gasteiger partial charge is 0.339 e. The molecule has 0 aromatic carbocycles. The number of piperazine rings is 1.